The molecule has 0 aliphatic carbocycles. The zero-order valence-corrected chi connectivity index (χ0v) is 15.5. The van der Waals surface area contributed by atoms with Crippen LogP contribution in [0, 0.1) is 0 Å². The zero-order chi connectivity index (χ0) is 17.7. The first kappa shape index (κ1) is 16.9. The quantitative estimate of drug-likeness (QED) is 0.787. The summed E-state index contributed by atoms with van der Waals surface area (Å²) >= 11 is 0. The third kappa shape index (κ3) is 2.84. The summed E-state index contributed by atoms with van der Waals surface area (Å²) in [6.45, 7) is 11.8. The predicted molar refractivity (Wildman–Crippen MR) is 103 cm³/mol. The van der Waals surface area contributed by atoms with Gasteiger partial charge in [0, 0.05) is 24.2 Å². The van der Waals surface area contributed by atoms with E-state index in [1.165, 1.54) is 16.5 Å². The van der Waals surface area contributed by atoms with Gasteiger partial charge in [0.2, 0.25) is 0 Å². The van der Waals surface area contributed by atoms with Crippen LogP contribution in [0.4, 0.5) is 5.69 Å². The number of benzene rings is 2. The van der Waals surface area contributed by atoms with Crippen LogP contribution in [0.2, 0.25) is 0 Å². The van der Waals surface area contributed by atoms with Gasteiger partial charge in [0.05, 0.1) is 24.4 Å². The van der Waals surface area contributed by atoms with E-state index in [9.17, 15) is 0 Å². The number of rotatable bonds is 2. The molecular formula is C20H26BNO3. The lowest BCUT2D eigenvalue weighted by atomic mass is 9.76. The van der Waals surface area contributed by atoms with Gasteiger partial charge in [-0.2, -0.15) is 0 Å². The van der Waals surface area contributed by atoms with Crippen LogP contribution in [0.15, 0.2) is 36.4 Å². The molecule has 2 heterocycles. The monoisotopic (exact) mass is 339 g/mol. The Hall–Kier alpha value is -1.56. The van der Waals surface area contributed by atoms with E-state index in [2.05, 4.69) is 69.0 Å². The first-order chi connectivity index (χ1) is 11.9. The molecule has 2 saturated heterocycles. The van der Waals surface area contributed by atoms with Gasteiger partial charge in [-0.25, -0.2) is 0 Å². The molecule has 5 heteroatoms. The lowest BCUT2D eigenvalue weighted by Crippen LogP contribution is -2.41. The number of nitrogens with zero attached hydrogens (tertiary/aromatic N) is 1. The fourth-order valence-electron chi connectivity index (χ4n) is 3.56. The summed E-state index contributed by atoms with van der Waals surface area (Å²) in [5.41, 5.74) is 1.70. The van der Waals surface area contributed by atoms with Gasteiger partial charge >= 0.3 is 7.12 Å². The lowest BCUT2D eigenvalue weighted by molar-refractivity contribution is 0.00578. The minimum absolute atomic E-state index is 0.332. The number of ether oxygens (including phenoxy) is 1. The Labute approximate surface area is 150 Å². The molecule has 4 nitrogen and oxygen atoms in total. The Morgan fingerprint density at radius 3 is 2.08 bits per heavy atom. The standard InChI is InChI=1S/C20H26BNO3/c1-19(2)20(3,4)25-21(24-19)17-9-10-18(22-11-13-23-14-12-22)16-8-6-5-7-15(16)17/h5-10H,11-14H2,1-4H3. The van der Waals surface area contributed by atoms with E-state index in [4.69, 9.17) is 14.0 Å². The normalized spacial score (nSPS) is 22.6. The highest BCUT2D eigenvalue weighted by molar-refractivity contribution is 6.65. The van der Waals surface area contributed by atoms with Crippen molar-refractivity contribution >= 4 is 29.0 Å². The number of anilines is 1. The van der Waals surface area contributed by atoms with Crippen molar-refractivity contribution in [3.8, 4) is 0 Å². The summed E-state index contributed by atoms with van der Waals surface area (Å²) in [4.78, 5) is 2.40. The molecule has 2 fully saturated rings. The van der Waals surface area contributed by atoms with Crippen LogP contribution >= 0.6 is 0 Å². The number of hydrogen-bond donors (Lipinski definition) is 0. The molecule has 2 aliphatic rings. The van der Waals surface area contributed by atoms with Crippen molar-refractivity contribution in [3.05, 3.63) is 36.4 Å². The fraction of sp³-hybridized carbons (Fsp3) is 0.500. The molecule has 0 bridgehead atoms. The van der Waals surface area contributed by atoms with Crippen LogP contribution in [-0.2, 0) is 14.0 Å². The van der Waals surface area contributed by atoms with Gasteiger partial charge in [-0.05, 0) is 44.6 Å². The van der Waals surface area contributed by atoms with Crippen molar-refractivity contribution in [1.29, 1.82) is 0 Å². The van der Waals surface area contributed by atoms with E-state index >= 15 is 0 Å². The van der Waals surface area contributed by atoms with Gasteiger partial charge < -0.3 is 18.9 Å². The molecule has 132 valence electrons. The van der Waals surface area contributed by atoms with Crippen LogP contribution in [0.25, 0.3) is 10.8 Å². The molecule has 0 aromatic heterocycles. The summed E-state index contributed by atoms with van der Waals surface area (Å²) in [6, 6.07) is 12.9. The molecule has 2 aromatic carbocycles. The third-order valence-electron chi connectivity index (χ3n) is 5.79. The molecular weight excluding hydrogens is 313 g/mol. The van der Waals surface area contributed by atoms with Crippen LogP contribution < -0.4 is 10.4 Å². The van der Waals surface area contributed by atoms with Crippen LogP contribution in [0.1, 0.15) is 27.7 Å². The zero-order valence-electron chi connectivity index (χ0n) is 15.5. The minimum Gasteiger partial charge on any atom is -0.399 e. The highest BCUT2D eigenvalue weighted by Crippen LogP contribution is 2.37. The average Bonchev–Trinajstić information content (AvgIpc) is 2.82. The van der Waals surface area contributed by atoms with Crippen LogP contribution in [0.5, 0.6) is 0 Å². The van der Waals surface area contributed by atoms with Crippen LogP contribution in [0.3, 0.4) is 0 Å². The number of fused-ring (bicyclic) bond motifs is 1. The van der Waals surface area contributed by atoms with Gasteiger partial charge in [-0.1, -0.05) is 30.3 Å². The fourth-order valence-corrected chi connectivity index (χ4v) is 3.56. The molecule has 2 aliphatic heterocycles. The Balaban J connectivity index is 1.77. The summed E-state index contributed by atoms with van der Waals surface area (Å²) < 4.78 is 18.1. The van der Waals surface area contributed by atoms with Crippen LogP contribution in [-0.4, -0.2) is 44.6 Å². The maximum absolute atomic E-state index is 6.29. The smallest absolute Gasteiger partial charge is 0.399 e. The van der Waals surface area contributed by atoms with E-state index in [0.717, 1.165) is 31.8 Å². The highest BCUT2D eigenvalue weighted by atomic mass is 16.7. The topological polar surface area (TPSA) is 30.9 Å². The van der Waals surface area contributed by atoms with Gasteiger partial charge in [0.25, 0.3) is 0 Å². The summed E-state index contributed by atoms with van der Waals surface area (Å²) in [7, 11) is -0.339. The number of hydrogen-bond acceptors (Lipinski definition) is 4. The minimum atomic E-state index is -0.339. The second-order valence-corrected chi connectivity index (χ2v) is 7.91. The SMILES string of the molecule is CC1(C)OB(c2ccc(N3CCOCC3)c3ccccc23)OC1(C)C. The van der Waals surface area contributed by atoms with Gasteiger partial charge in [0.1, 0.15) is 0 Å². The van der Waals surface area contributed by atoms with E-state index in [1.54, 1.807) is 0 Å². The number of morpholine rings is 1. The maximum atomic E-state index is 6.29. The molecule has 0 saturated carbocycles. The second kappa shape index (κ2) is 6.01. The first-order valence-electron chi connectivity index (χ1n) is 9.09. The molecule has 0 N–H and O–H groups in total. The second-order valence-electron chi connectivity index (χ2n) is 7.91. The molecule has 0 unspecified atom stereocenters. The van der Waals surface area contributed by atoms with Crippen molar-refractivity contribution in [3.63, 3.8) is 0 Å². The maximum Gasteiger partial charge on any atom is 0.495 e. The lowest BCUT2D eigenvalue weighted by Gasteiger charge is -2.32. The Morgan fingerprint density at radius 2 is 1.44 bits per heavy atom. The van der Waals surface area contributed by atoms with E-state index in [1.807, 2.05) is 0 Å². The molecule has 4 rings (SSSR count). The van der Waals surface area contributed by atoms with E-state index in [-0.39, 0.29) is 18.3 Å². The molecule has 0 amide bonds. The first-order valence-corrected chi connectivity index (χ1v) is 9.09. The van der Waals surface area contributed by atoms with Crippen molar-refractivity contribution < 1.29 is 14.0 Å². The van der Waals surface area contributed by atoms with Crippen molar-refractivity contribution in [2.24, 2.45) is 0 Å². The Bertz CT molecular complexity index is 768. The third-order valence-corrected chi connectivity index (χ3v) is 5.79. The van der Waals surface area contributed by atoms with E-state index in [0.29, 0.717) is 0 Å². The van der Waals surface area contributed by atoms with Crippen molar-refractivity contribution in [2.45, 2.75) is 38.9 Å². The van der Waals surface area contributed by atoms with Crippen molar-refractivity contribution in [1.82, 2.24) is 0 Å². The van der Waals surface area contributed by atoms with Crippen molar-refractivity contribution in [2.75, 3.05) is 31.2 Å². The Morgan fingerprint density at radius 1 is 0.840 bits per heavy atom. The van der Waals surface area contributed by atoms with Gasteiger partial charge in [-0.15, -0.1) is 0 Å². The van der Waals surface area contributed by atoms with Gasteiger partial charge in [0.15, 0.2) is 0 Å². The van der Waals surface area contributed by atoms with Gasteiger partial charge in [-0.3, -0.25) is 0 Å². The molecule has 2 aromatic rings. The molecule has 25 heavy (non-hydrogen) atoms. The molecule has 0 radical (unpaired) electrons. The molecule has 0 atom stereocenters. The summed E-state index contributed by atoms with van der Waals surface area (Å²) in [5.74, 6) is 0. The Kier molecular flexibility index (Phi) is 4.06. The summed E-state index contributed by atoms with van der Waals surface area (Å²) in [6.07, 6.45) is 0. The predicted octanol–water partition coefficient (Wildman–Crippen LogP) is 2.98. The van der Waals surface area contributed by atoms with E-state index < -0.39 is 0 Å². The average molecular weight is 339 g/mol. The summed E-state index contributed by atoms with van der Waals surface area (Å²) in [5, 5.41) is 2.45. The largest absolute Gasteiger partial charge is 0.495 e. The molecule has 0 spiro atoms. The highest BCUT2D eigenvalue weighted by Gasteiger charge is 2.52.